The molecule has 6 nitrogen and oxygen atoms in total. The van der Waals surface area contributed by atoms with E-state index in [0.29, 0.717) is 33.8 Å². The summed E-state index contributed by atoms with van der Waals surface area (Å²) in [6.45, 7) is 1.79. The summed E-state index contributed by atoms with van der Waals surface area (Å²) >= 11 is 6.05. The Morgan fingerprint density at radius 3 is 2.42 bits per heavy atom. The molecule has 2 N–H and O–H groups in total. The molecule has 0 radical (unpaired) electrons. The molecule has 26 heavy (non-hydrogen) atoms. The Hall–Kier alpha value is -3.12. The number of hydrogen-bond acceptors (Lipinski definition) is 5. The van der Waals surface area contributed by atoms with E-state index in [1.54, 1.807) is 56.5 Å². The van der Waals surface area contributed by atoms with Gasteiger partial charge in [0.25, 0.3) is 5.91 Å². The van der Waals surface area contributed by atoms with Gasteiger partial charge in [0.05, 0.1) is 17.7 Å². The van der Waals surface area contributed by atoms with E-state index in [-0.39, 0.29) is 5.91 Å². The second-order valence-corrected chi connectivity index (χ2v) is 5.89. The molecule has 0 atom stereocenters. The third-order valence-corrected chi connectivity index (χ3v) is 3.89. The van der Waals surface area contributed by atoms with Crippen LogP contribution in [0.1, 0.15) is 16.2 Å². The third kappa shape index (κ3) is 4.29. The predicted octanol–water partition coefficient (Wildman–Crippen LogP) is 4.44. The Morgan fingerprint density at radius 2 is 1.73 bits per heavy atom. The van der Waals surface area contributed by atoms with Gasteiger partial charge in [-0.1, -0.05) is 23.7 Å². The van der Waals surface area contributed by atoms with Crippen LogP contribution in [0.5, 0.6) is 5.88 Å². The molecule has 1 heterocycles. The molecule has 0 unspecified atom stereocenters. The van der Waals surface area contributed by atoms with Gasteiger partial charge in [-0.3, -0.25) is 4.79 Å². The second kappa shape index (κ2) is 7.84. The highest BCUT2D eigenvalue weighted by Crippen LogP contribution is 2.21. The van der Waals surface area contributed by atoms with Gasteiger partial charge < -0.3 is 15.4 Å². The molecule has 0 bridgehead atoms. The summed E-state index contributed by atoms with van der Waals surface area (Å²) in [6, 6.07) is 15.9. The first-order valence-electron chi connectivity index (χ1n) is 7.88. The molecule has 0 saturated heterocycles. The van der Waals surface area contributed by atoms with E-state index in [1.165, 1.54) is 0 Å². The molecule has 0 saturated carbocycles. The maximum absolute atomic E-state index is 12.3. The second-order valence-electron chi connectivity index (χ2n) is 5.48. The monoisotopic (exact) mass is 368 g/mol. The van der Waals surface area contributed by atoms with E-state index >= 15 is 0 Å². The van der Waals surface area contributed by atoms with Crippen molar-refractivity contribution in [1.29, 1.82) is 0 Å². The van der Waals surface area contributed by atoms with Crippen LogP contribution in [0.3, 0.4) is 0 Å². The molecule has 0 aliphatic carbocycles. The highest BCUT2D eigenvalue weighted by molar-refractivity contribution is 6.34. The normalized spacial score (nSPS) is 10.3. The number of hydrogen-bond donors (Lipinski definition) is 2. The van der Waals surface area contributed by atoms with Gasteiger partial charge in [-0.2, -0.15) is 4.98 Å². The van der Waals surface area contributed by atoms with Crippen LogP contribution in [-0.4, -0.2) is 23.0 Å². The van der Waals surface area contributed by atoms with Gasteiger partial charge in [-0.15, -0.1) is 0 Å². The molecule has 3 aromatic rings. The number of benzene rings is 2. The van der Waals surface area contributed by atoms with Crippen molar-refractivity contribution in [2.24, 2.45) is 0 Å². The van der Waals surface area contributed by atoms with Crippen LogP contribution in [0.25, 0.3) is 0 Å². The fraction of sp³-hybridized carbons (Fsp3) is 0.105. The number of aryl methyl sites for hydroxylation is 1. The predicted molar refractivity (Wildman–Crippen MR) is 102 cm³/mol. The van der Waals surface area contributed by atoms with Crippen molar-refractivity contribution in [2.45, 2.75) is 6.92 Å². The van der Waals surface area contributed by atoms with E-state index in [9.17, 15) is 4.79 Å². The molecule has 132 valence electrons. The average Bonchev–Trinajstić information content (AvgIpc) is 2.63. The number of amides is 1. The summed E-state index contributed by atoms with van der Waals surface area (Å²) in [4.78, 5) is 20.7. The lowest BCUT2D eigenvalue weighted by molar-refractivity contribution is 0.102. The van der Waals surface area contributed by atoms with Crippen molar-refractivity contribution in [3.8, 4) is 5.88 Å². The smallest absolute Gasteiger partial charge is 0.257 e. The first kappa shape index (κ1) is 17.7. The maximum atomic E-state index is 12.3. The van der Waals surface area contributed by atoms with Crippen LogP contribution in [0.2, 0.25) is 5.02 Å². The highest BCUT2D eigenvalue weighted by Gasteiger charge is 2.10. The van der Waals surface area contributed by atoms with E-state index in [4.69, 9.17) is 16.3 Å². The molecule has 2 aromatic carbocycles. The lowest BCUT2D eigenvalue weighted by atomic mass is 10.2. The number of carbonyl (C=O) groups excluding carboxylic acids is 1. The molecule has 7 heteroatoms. The number of ether oxygens (including phenoxy) is 1. The Balaban J connectivity index is 1.70. The SMILES string of the molecule is COc1cc(Nc2ccc(NC(=O)c3ccccc3Cl)cc2)nc(C)n1. The van der Waals surface area contributed by atoms with E-state index in [0.717, 1.165) is 5.69 Å². The number of nitrogens with one attached hydrogen (secondary N) is 2. The lowest BCUT2D eigenvalue weighted by Crippen LogP contribution is -2.12. The first-order valence-corrected chi connectivity index (χ1v) is 8.25. The fourth-order valence-corrected chi connectivity index (χ4v) is 2.56. The minimum Gasteiger partial charge on any atom is -0.481 e. The van der Waals surface area contributed by atoms with Gasteiger partial charge in [-0.05, 0) is 43.3 Å². The van der Waals surface area contributed by atoms with Gasteiger partial charge in [0.15, 0.2) is 0 Å². The van der Waals surface area contributed by atoms with Crippen molar-refractivity contribution in [1.82, 2.24) is 9.97 Å². The van der Waals surface area contributed by atoms with Crippen LogP contribution < -0.4 is 15.4 Å². The number of methoxy groups -OCH3 is 1. The van der Waals surface area contributed by atoms with Crippen LogP contribution in [0, 0.1) is 6.92 Å². The minimum atomic E-state index is -0.257. The quantitative estimate of drug-likeness (QED) is 0.696. The van der Waals surface area contributed by atoms with Gasteiger partial charge >= 0.3 is 0 Å². The van der Waals surface area contributed by atoms with Gasteiger partial charge in [0, 0.05) is 17.4 Å². The van der Waals surface area contributed by atoms with Gasteiger partial charge in [-0.25, -0.2) is 4.98 Å². The van der Waals surface area contributed by atoms with Crippen LogP contribution in [0.4, 0.5) is 17.2 Å². The van der Waals surface area contributed by atoms with Crippen molar-refractivity contribution < 1.29 is 9.53 Å². The molecule has 0 spiro atoms. The summed E-state index contributed by atoms with van der Waals surface area (Å²) in [5, 5.41) is 6.41. The van der Waals surface area contributed by atoms with Crippen LogP contribution in [0.15, 0.2) is 54.6 Å². The number of halogens is 1. The number of aromatic nitrogens is 2. The van der Waals surface area contributed by atoms with E-state index in [2.05, 4.69) is 20.6 Å². The molecular weight excluding hydrogens is 352 g/mol. The molecule has 3 rings (SSSR count). The molecule has 1 aromatic heterocycles. The van der Waals surface area contributed by atoms with E-state index in [1.807, 2.05) is 12.1 Å². The van der Waals surface area contributed by atoms with Crippen molar-refractivity contribution >= 4 is 34.7 Å². The van der Waals surface area contributed by atoms with Crippen LogP contribution >= 0.6 is 11.6 Å². The highest BCUT2D eigenvalue weighted by atomic mass is 35.5. The number of nitrogens with zero attached hydrogens (tertiary/aromatic N) is 2. The summed E-state index contributed by atoms with van der Waals surface area (Å²) < 4.78 is 5.14. The van der Waals surface area contributed by atoms with Gasteiger partial charge in [0.2, 0.25) is 5.88 Å². The molecule has 1 amide bonds. The number of carbonyl (C=O) groups is 1. The van der Waals surface area contributed by atoms with Crippen molar-refractivity contribution in [2.75, 3.05) is 17.7 Å². The zero-order chi connectivity index (χ0) is 18.5. The molecule has 0 fully saturated rings. The summed E-state index contributed by atoms with van der Waals surface area (Å²) in [5.74, 6) is 1.47. The van der Waals surface area contributed by atoms with Gasteiger partial charge in [0.1, 0.15) is 11.6 Å². The largest absolute Gasteiger partial charge is 0.481 e. The van der Waals surface area contributed by atoms with Crippen molar-refractivity contribution in [3.05, 3.63) is 71.0 Å². The molecular formula is C19H17ClN4O2. The fourth-order valence-electron chi connectivity index (χ4n) is 2.34. The Bertz CT molecular complexity index is 929. The summed E-state index contributed by atoms with van der Waals surface area (Å²) in [7, 11) is 1.56. The first-order chi connectivity index (χ1) is 12.5. The average molecular weight is 369 g/mol. The zero-order valence-corrected chi connectivity index (χ0v) is 15.0. The number of anilines is 3. The lowest BCUT2D eigenvalue weighted by Gasteiger charge is -2.10. The summed E-state index contributed by atoms with van der Waals surface area (Å²) in [6.07, 6.45) is 0. The van der Waals surface area contributed by atoms with E-state index < -0.39 is 0 Å². The Morgan fingerprint density at radius 1 is 1.04 bits per heavy atom. The van der Waals surface area contributed by atoms with Crippen molar-refractivity contribution in [3.63, 3.8) is 0 Å². The Kier molecular flexibility index (Phi) is 5.34. The Labute approximate surface area is 156 Å². The third-order valence-electron chi connectivity index (χ3n) is 3.56. The summed E-state index contributed by atoms with van der Waals surface area (Å²) in [5.41, 5.74) is 1.91. The topological polar surface area (TPSA) is 76.1 Å². The minimum absolute atomic E-state index is 0.257. The standard InChI is InChI=1S/C19H17ClN4O2/c1-12-21-17(11-18(22-12)26-2)23-13-7-9-14(10-8-13)24-19(25)15-5-3-4-6-16(15)20/h3-11H,1-2H3,(H,24,25)(H,21,22,23). The number of rotatable bonds is 5. The zero-order valence-electron chi connectivity index (χ0n) is 14.3. The molecule has 0 aliphatic heterocycles. The molecule has 0 aliphatic rings. The maximum Gasteiger partial charge on any atom is 0.257 e. The van der Waals surface area contributed by atoms with Crippen LogP contribution in [-0.2, 0) is 0 Å².